The van der Waals surface area contributed by atoms with Crippen LogP contribution < -0.4 is 5.32 Å². The first kappa shape index (κ1) is 14.4. The lowest BCUT2D eigenvalue weighted by Gasteiger charge is -2.33. The summed E-state index contributed by atoms with van der Waals surface area (Å²) in [4.78, 5) is 12.0. The minimum absolute atomic E-state index is 0.0887. The summed E-state index contributed by atoms with van der Waals surface area (Å²) in [6, 6.07) is -0.432. The highest BCUT2D eigenvalue weighted by Gasteiger charge is 2.34. The molecule has 0 aliphatic carbocycles. The summed E-state index contributed by atoms with van der Waals surface area (Å²) in [6.45, 7) is 4.36. The van der Waals surface area contributed by atoms with Gasteiger partial charge in [-0.1, -0.05) is 13.3 Å². The van der Waals surface area contributed by atoms with Crippen LogP contribution in [0.5, 0.6) is 0 Å². The van der Waals surface area contributed by atoms with Crippen LogP contribution in [0.4, 0.5) is 0 Å². The molecule has 1 heterocycles. The van der Waals surface area contributed by atoms with Gasteiger partial charge < -0.3 is 5.32 Å². The Morgan fingerprint density at radius 3 is 2.65 bits per heavy atom. The predicted molar refractivity (Wildman–Crippen MR) is 67.1 cm³/mol. The van der Waals surface area contributed by atoms with Gasteiger partial charge in [0.2, 0.25) is 15.9 Å². The van der Waals surface area contributed by atoms with Crippen molar-refractivity contribution in [3.8, 4) is 0 Å². The van der Waals surface area contributed by atoms with E-state index < -0.39 is 16.1 Å². The fourth-order valence-corrected chi connectivity index (χ4v) is 3.13. The van der Waals surface area contributed by atoms with Crippen molar-refractivity contribution in [1.82, 2.24) is 9.62 Å². The Morgan fingerprint density at radius 2 is 2.12 bits per heavy atom. The van der Waals surface area contributed by atoms with E-state index in [0.29, 0.717) is 13.0 Å². The molecule has 1 rings (SSSR count). The number of rotatable bonds is 4. The minimum Gasteiger partial charge on any atom is -0.352 e. The summed E-state index contributed by atoms with van der Waals surface area (Å²) in [5.74, 6) is -0.163. The lowest BCUT2D eigenvalue weighted by Crippen LogP contribution is -2.52. The SMILES string of the molecule is CC[C@H](C)NC(=O)[C@H]1CCCCN1S(C)(=O)=O. The molecule has 1 aliphatic heterocycles. The van der Waals surface area contributed by atoms with Crippen molar-refractivity contribution in [2.45, 2.75) is 51.6 Å². The topological polar surface area (TPSA) is 66.5 Å². The molecule has 0 unspecified atom stereocenters. The normalized spacial score (nSPS) is 24.3. The monoisotopic (exact) mass is 262 g/mol. The van der Waals surface area contributed by atoms with Crippen molar-refractivity contribution in [2.75, 3.05) is 12.8 Å². The van der Waals surface area contributed by atoms with E-state index >= 15 is 0 Å². The van der Waals surface area contributed by atoms with Crippen LogP contribution in [0.2, 0.25) is 0 Å². The molecule has 0 spiro atoms. The molecule has 1 amide bonds. The number of piperidine rings is 1. The third-order valence-electron chi connectivity index (χ3n) is 3.18. The number of nitrogens with one attached hydrogen (secondary N) is 1. The maximum atomic E-state index is 12.0. The second-order valence-electron chi connectivity index (χ2n) is 4.70. The van der Waals surface area contributed by atoms with Gasteiger partial charge in [0, 0.05) is 12.6 Å². The Balaban J connectivity index is 2.75. The van der Waals surface area contributed by atoms with Gasteiger partial charge in [0.1, 0.15) is 6.04 Å². The molecule has 1 N–H and O–H groups in total. The molecule has 0 saturated carbocycles. The van der Waals surface area contributed by atoms with Crippen LogP contribution in [0.3, 0.4) is 0 Å². The number of nitrogens with zero attached hydrogens (tertiary/aromatic N) is 1. The smallest absolute Gasteiger partial charge is 0.238 e. The lowest BCUT2D eigenvalue weighted by molar-refractivity contribution is -0.126. The van der Waals surface area contributed by atoms with Crippen molar-refractivity contribution in [3.05, 3.63) is 0 Å². The van der Waals surface area contributed by atoms with Gasteiger partial charge in [0.05, 0.1) is 6.26 Å². The first-order chi connectivity index (χ1) is 7.86. The fourth-order valence-electron chi connectivity index (χ4n) is 2.01. The van der Waals surface area contributed by atoms with E-state index in [-0.39, 0.29) is 11.9 Å². The van der Waals surface area contributed by atoms with Gasteiger partial charge in [0.25, 0.3) is 0 Å². The molecule has 1 fully saturated rings. The molecule has 0 aromatic carbocycles. The van der Waals surface area contributed by atoms with Crippen molar-refractivity contribution in [2.24, 2.45) is 0 Å². The number of carbonyl (C=O) groups is 1. The van der Waals surface area contributed by atoms with E-state index in [0.717, 1.165) is 19.3 Å². The Hall–Kier alpha value is -0.620. The number of hydrogen-bond donors (Lipinski definition) is 1. The third kappa shape index (κ3) is 3.96. The second kappa shape index (κ2) is 5.82. The highest BCUT2D eigenvalue weighted by Crippen LogP contribution is 2.20. The lowest BCUT2D eigenvalue weighted by atomic mass is 10.0. The first-order valence-corrected chi connectivity index (χ1v) is 7.98. The first-order valence-electron chi connectivity index (χ1n) is 6.13. The summed E-state index contributed by atoms with van der Waals surface area (Å²) in [6.07, 6.45) is 4.37. The van der Waals surface area contributed by atoms with Gasteiger partial charge in [-0.3, -0.25) is 4.79 Å². The molecule has 0 radical (unpaired) electrons. The molecule has 6 heteroatoms. The van der Waals surface area contributed by atoms with E-state index in [4.69, 9.17) is 0 Å². The van der Waals surface area contributed by atoms with Crippen LogP contribution in [0, 0.1) is 0 Å². The van der Waals surface area contributed by atoms with Crippen LogP contribution in [0.25, 0.3) is 0 Å². The van der Waals surface area contributed by atoms with Crippen molar-refractivity contribution in [3.63, 3.8) is 0 Å². The van der Waals surface area contributed by atoms with Crippen molar-refractivity contribution in [1.29, 1.82) is 0 Å². The summed E-state index contributed by atoms with van der Waals surface area (Å²) in [7, 11) is -3.29. The standard InChI is InChI=1S/C11H22N2O3S/c1-4-9(2)12-11(14)10-7-5-6-8-13(10)17(3,15)16/h9-10H,4-8H2,1-3H3,(H,12,14)/t9-,10+/m0/s1. The molecular formula is C11H22N2O3S. The van der Waals surface area contributed by atoms with Crippen LogP contribution in [0.1, 0.15) is 39.5 Å². The van der Waals surface area contributed by atoms with Crippen LogP contribution in [0.15, 0.2) is 0 Å². The van der Waals surface area contributed by atoms with E-state index in [2.05, 4.69) is 5.32 Å². The van der Waals surface area contributed by atoms with E-state index in [1.165, 1.54) is 10.6 Å². The second-order valence-corrected chi connectivity index (χ2v) is 6.64. The molecule has 0 bridgehead atoms. The molecule has 1 aliphatic rings. The maximum absolute atomic E-state index is 12.0. The molecule has 2 atom stereocenters. The zero-order chi connectivity index (χ0) is 13.1. The summed E-state index contributed by atoms with van der Waals surface area (Å²) in [5, 5.41) is 2.86. The van der Waals surface area contributed by atoms with Crippen molar-refractivity contribution >= 4 is 15.9 Å². The third-order valence-corrected chi connectivity index (χ3v) is 4.47. The average molecular weight is 262 g/mol. The molecule has 0 aromatic heterocycles. The Bertz CT molecular complexity index is 367. The Morgan fingerprint density at radius 1 is 1.47 bits per heavy atom. The van der Waals surface area contributed by atoms with Crippen molar-refractivity contribution < 1.29 is 13.2 Å². The van der Waals surface area contributed by atoms with Gasteiger partial charge in [-0.15, -0.1) is 0 Å². The van der Waals surface area contributed by atoms with E-state index in [1.807, 2.05) is 13.8 Å². The summed E-state index contributed by atoms with van der Waals surface area (Å²) in [5.41, 5.74) is 0. The van der Waals surface area contributed by atoms with Gasteiger partial charge in [0.15, 0.2) is 0 Å². The van der Waals surface area contributed by atoms with Crippen LogP contribution in [-0.4, -0.2) is 43.5 Å². The van der Waals surface area contributed by atoms with Gasteiger partial charge in [-0.25, -0.2) is 8.42 Å². The molecular weight excluding hydrogens is 240 g/mol. The molecule has 0 aromatic rings. The minimum atomic E-state index is -3.29. The number of carbonyl (C=O) groups excluding carboxylic acids is 1. The Kier molecular flexibility index (Phi) is 4.94. The highest BCUT2D eigenvalue weighted by molar-refractivity contribution is 7.88. The molecule has 17 heavy (non-hydrogen) atoms. The molecule has 100 valence electrons. The molecule has 1 saturated heterocycles. The highest BCUT2D eigenvalue weighted by atomic mass is 32.2. The predicted octanol–water partition coefficient (Wildman–Crippen LogP) is 0.715. The van der Waals surface area contributed by atoms with Gasteiger partial charge >= 0.3 is 0 Å². The summed E-state index contributed by atoms with van der Waals surface area (Å²) < 4.78 is 24.5. The maximum Gasteiger partial charge on any atom is 0.238 e. The summed E-state index contributed by atoms with van der Waals surface area (Å²) >= 11 is 0. The largest absolute Gasteiger partial charge is 0.352 e. The zero-order valence-corrected chi connectivity index (χ0v) is 11.6. The molecule has 5 nitrogen and oxygen atoms in total. The Labute approximate surface area is 104 Å². The van der Waals surface area contributed by atoms with Crippen LogP contribution >= 0.6 is 0 Å². The van der Waals surface area contributed by atoms with E-state index in [9.17, 15) is 13.2 Å². The zero-order valence-electron chi connectivity index (χ0n) is 10.8. The number of hydrogen-bond acceptors (Lipinski definition) is 3. The fraction of sp³-hybridized carbons (Fsp3) is 0.909. The average Bonchev–Trinajstić information content (AvgIpc) is 2.27. The number of sulfonamides is 1. The van der Waals surface area contributed by atoms with Gasteiger partial charge in [-0.2, -0.15) is 4.31 Å². The quantitative estimate of drug-likeness (QED) is 0.811. The number of amides is 1. The van der Waals surface area contributed by atoms with E-state index in [1.54, 1.807) is 0 Å². The van der Waals surface area contributed by atoms with Crippen LogP contribution in [-0.2, 0) is 14.8 Å². The van der Waals surface area contributed by atoms with Gasteiger partial charge in [-0.05, 0) is 26.2 Å².